The first-order valence-corrected chi connectivity index (χ1v) is 12.2. The van der Waals surface area contributed by atoms with E-state index in [1.165, 1.54) is 4.68 Å². The first-order valence-electron chi connectivity index (χ1n) is 10.3. The maximum atomic E-state index is 13.1. The van der Waals surface area contributed by atoms with Crippen molar-refractivity contribution in [3.63, 3.8) is 0 Å². The summed E-state index contributed by atoms with van der Waals surface area (Å²) in [6.45, 7) is 2.12. The summed E-state index contributed by atoms with van der Waals surface area (Å²) >= 11 is 13.4. The van der Waals surface area contributed by atoms with Crippen LogP contribution in [0.25, 0.3) is 10.9 Å². The molecule has 0 amide bonds. The fourth-order valence-corrected chi connectivity index (χ4v) is 4.71. The Balaban J connectivity index is 1.63. The first-order chi connectivity index (χ1) is 16.4. The second-order valence-corrected chi connectivity index (χ2v) is 9.45. The maximum absolute atomic E-state index is 13.1. The molecule has 6 nitrogen and oxygen atoms in total. The predicted octanol–water partition coefficient (Wildman–Crippen LogP) is 6.47. The average molecular weight is 601 g/mol. The molecule has 1 aromatic heterocycles. The Hall–Kier alpha value is -2.99. The molecule has 4 rings (SSSR count). The van der Waals surface area contributed by atoms with Gasteiger partial charge < -0.3 is 4.74 Å². The predicted molar refractivity (Wildman–Crippen MR) is 141 cm³/mol. The number of fused-ring (bicyclic) bond motifs is 1. The van der Waals surface area contributed by atoms with Crippen LogP contribution >= 0.6 is 43.5 Å². The number of nitriles is 1. The second-order valence-electron chi connectivity index (χ2n) is 7.28. The molecule has 0 aliphatic rings. The van der Waals surface area contributed by atoms with Gasteiger partial charge in [-0.3, -0.25) is 4.79 Å². The summed E-state index contributed by atoms with van der Waals surface area (Å²) in [6, 6.07) is 18.3. The third-order valence-electron chi connectivity index (χ3n) is 5.04. The third kappa shape index (κ3) is 5.07. The smallest absolute Gasteiger partial charge is 0.282 e. The Labute approximate surface area is 217 Å². The highest BCUT2D eigenvalue weighted by molar-refractivity contribution is 9.10. The molecule has 0 unspecified atom stereocenters. The van der Waals surface area contributed by atoms with Gasteiger partial charge in [0, 0.05) is 16.5 Å². The summed E-state index contributed by atoms with van der Waals surface area (Å²) in [4.78, 5) is 17.6. The van der Waals surface area contributed by atoms with Gasteiger partial charge in [0.25, 0.3) is 5.56 Å². The van der Waals surface area contributed by atoms with E-state index in [0.29, 0.717) is 49.5 Å². The standard InChI is InChI=1S/C25H17Br2ClN4O2/c1-2-23-31-22-8-7-18(26)11-19(22)25(33)32(23)30-13-15-9-20(27)24(21(28)10-15)34-14-17-6-4-3-5-16(17)12-29/h3-11,13H,2,14H2,1H3. The number of aromatic nitrogens is 2. The van der Waals surface area contributed by atoms with Crippen LogP contribution in [0.5, 0.6) is 5.75 Å². The van der Waals surface area contributed by atoms with Crippen molar-refractivity contribution in [3.8, 4) is 11.8 Å². The molecule has 0 radical (unpaired) electrons. The van der Waals surface area contributed by atoms with E-state index >= 15 is 0 Å². The topological polar surface area (TPSA) is 80.3 Å². The van der Waals surface area contributed by atoms with Crippen LogP contribution in [0.15, 0.2) is 73.4 Å². The Kier molecular flexibility index (Phi) is 7.47. The lowest BCUT2D eigenvalue weighted by atomic mass is 10.1. The molecule has 0 N–H and O–H groups in total. The van der Waals surface area contributed by atoms with Crippen molar-refractivity contribution in [3.05, 3.63) is 101 Å². The molecule has 0 fully saturated rings. The molecule has 34 heavy (non-hydrogen) atoms. The number of nitrogens with zero attached hydrogens (tertiary/aromatic N) is 4. The number of hydrogen-bond donors (Lipinski definition) is 0. The summed E-state index contributed by atoms with van der Waals surface area (Å²) < 4.78 is 8.61. The van der Waals surface area contributed by atoms with Crippen molar-refractivity contribution in [1.82, 2.24) is 9.66 Å². The van der Waals surface area contributed by atoms with Crippen LogP contribution in [0.3, 0.4) is 0 Å². The molecule has 0 spiro atoms. The summed E-state index contributed by atoms with van der Waals surface area (Å²) in [7, 11) is 0. The van der Waals surface area contributed by atoms with Gasteiger partial charge in [-0.15, -0.1) is 0 Å². The van der Waals surface area contributed by atoms with Gasteiger partial charge >= 0.3 is 0 Å². The molecule has 0 bridgehead atoms. The lowest BCUT2D eigenvalue weighted by Crippen LogP contribution is -2.22. The quantitative estimate of drug-likeness (QED) is 0.238. The van der Waals surface area contributed by atoms with Crippen molar-refractivity contribution in [1.29, 1.82) is 5.26 Å². The minimum absolute atomic E-state index is 0.197. The molecular formula is C25H17Br2ClN4O2. The van der Waals surface area contributed by atoms with Crippen LogP contribution in [-0.4, -0.2) is 15.9 Å². The van der Waals surface area contributed by atoms with Gasteiger partial charge in [0.1, 0.15) is 12.4 Å². The molecule has 0 aliphatic heterocycles. The summed E-state index contributed by atoms with van der Waals surface area (Å²) in [5.41, 5.74) is 2.36. The van der Waals surface area contributed by atoms with E-state index in [9.17, 15) is 10.1 Å². The zero-order valence-electron chi connectivity index (χ0n) is 17.9. The molecule has 4 aromatic rings. The van der Waals surface area contributed by atoms with Crippen LogP contribution in [-0.2, 0) is 13.0 Å². The normalized spacial score (nSPS) is 11.1. The van der Waals surface area contributed by atoms with Crippen molar-refractivity contribution < 1.29 is 4.74 Å². The van der Waals surface area contributed by atoms with Gasteiger partial charge in [-0.2, -0.15) is 15.0 Å². The number of benzene rings is 3. The van der Waals surface area contributed by atoms with E-state index in [0.717, 1.165) is 10.0 Å². The Morgan fingerprint density at radius 2 is 2.00 bits per heavy atom. The van der Waals surface area contributed by atoms with E-state index in [-0.39, 0.29) is 12.2 Å². The van der Waals surface area contributed by atoms with E-state index < -0.39 is 0 Å². The largest absolute Gasteiger partial charge is 0.486 e. The van der Waals surface area contributed by atoms with E-state index in [1.807, 2.05) is 25.1 Å². The number of rotatable bonds is 6. The van der Waals surface area contributed by atoms with Gasteiger partial charge in [0.2, 0.25) is 0 Å². The van der Waals surface area contributed by atoms with Gasteiger partial charge in [-0.05, 0) is 57.9 Å². The minimum atomic E-state index is -0.249. The molecule has 0 aliphatic carbocycles. The van der Waals surface area contributed by atoms with Crippen LogP contribution in [0, 0.1) is 11.3 Å². The molecule has 170 valence electrons. The van der Waals surface area contributed by atoms with Crippen molar-refractivity contribution >= 4 is 60.6 Å². The van der Waals surface area contributed by atoms with Gasteiger partial charge in [0.15, 0.2) is 5.75 Å². The highest BCUT2D eigenvalue weighted by Crippen LogP contribution is 2.35. The SMILES string of the molecule is CCc1nc2ccc(Br)cc2c(=O)n1N=Cc1cc(Cl)c(OCc2ccccc2C#N)c(Br)c1. The Bertz CT molecular complexity index is 1500. The van der Waals surface area contributed by atoms with Crippen LogP contribution in [0.2, 0.25) is 5.02 Å². The van der Waals surface area contributed by atoms with Crippen LogP contribution in [0.1, 0.15) is 29.4 Å². The van der Waals surface area contributed by atoms with E-state index in [4.69, 9.17) is 16.3 Å². The molecule has 0 saturated heterocycles. The summed E-state index contributed by atoms with van der Waals surface area (Å²) in [6.07, 6.45) is 2.09. The minimum Gasteiger partial charge on any atom is -0.486 e. The zero-order valence-corrected chi connectivity index (χ0v) is 21.9. The van der Waals surface area contributed by atoms with Crippen LogP contribution < -0.4 is 10.3 Å². The number of aryl methyl sites for hydroxylation is 1. The second kappa shape index (κ2) is 10.5. The highest BCUT2D eigenvalue weighted by Gasteiger charge is 2.12. The average Bonchev–Trinajstić information content (AvgIpc) is 2.83. The molecule has 3 aromatic carbocycles. The molecule has 1 heterocycles. The van der Waals surface area contributed by atoms with Crippen molar-refractivity contribution in [2.75, 3.05) is 0 Å². The van der Waals surface area contributed by atoms with Crippen LogP contribution in [0.4, 0.5) is 0 Å². The van der Waals surface area contributed by atoms with Crippen molar-refractivity contribution in [2.24, 2.45) is 5.10 Å². The molecule has 0 saturated carbocycles. The first kappa shape index (κ1) is 24.1. The highest BCUT2D eigenvalue weighted by atomic mass is 79.9. The number of hydrogen-bond acceptors (Lipinski definition) is 5. The monoisotopic (exact) mass is 598 g/mol. The maximum Gasteiger partial charge on any atom is 0.282 e. The summed E-state index contributed by atoms with van der Waals surface area (Å²) in [5, 5.41) is 14.5. The lowest BCUT2D eigenvalue weighted by Gasteiger charge is -2.12. The fraction of sp³-hybridized carbons (Fsp3) is 0.120. The molecule has 9 heteroatoms. The molecule has 0 atom stereocenters. The van der Waals surface area contributed by atoms with Crippen molar-refractivity contribution in [2.45, 2.75) is 20.0 Å². The van der Waals surface area contributed by atoms with Gasteiger partial charge in [-0.25, -0.2) is 4.98 Å². The summed E-state index contributed by atoms with van der Waals surface area (Å²) in [5.74, 6) is 1.01. The van der Waals surface area contributed by atoms with Gasteiger partial charge in [0.05, 0.1) is 38.2 Å². The fourth-order valence-electron chi connectivity index (χ4n) is 3.36. The number of ether oxygens (including phenoxy) is 1. The molecular weight excluding hydrogens is 584 g/mol. The Morgan fingerprint density at radius 3 is 2.74 bits per heavy atom. The zero-order chi connectivity index (χ0) is 24.2. The number of halogens is 3. The lowest BCUT2D eigenvalue weighted by molar-refractivity contribution is 0.304. The van der Waals surface area contributed by atoms with E-state index in [1.54, 1.807) is 42.6 Å². The van der Waals surface area contributed by atoms with Gasteiger partial charge in [-0.1, -0.05) is 52.7 Å². The Morgan fingerprint density at radius 1 is 1.21 bits per heavy atom. The third-order valence-corrected chi connectivity index (χ3v) is 6.41. The van der Waals surface area contributed by atoms with E-state index in [2.05, 4.69) is 48.0 Å².